The Hall–Kier alpha value is -3.35. The number of urea groups is 1. The Morgan fingerprint density at radius 3 is 2.67 bits per heavy atom. The third kappa shape index (κ3) is 4.44. The fraction of sp³-hybridized carbons (Fsp3) is 0.250. The highest BCUT2D eigenvalue weighted by Gasteiger charge is 2.33. The summed E-state index contributed by atoms with van der Waals surface area (Å²) in [7, 11) is 0. The smallest absolute Gasteiger partial charge is 0.338 e. The molecule has 0 aromatic heterocycles. The van der Waals surface area contributed by atoms with E-state index in [2.05, 4.69) is 10.6 Å². The number of nitrogens with one attached hydrogen (secondary N) is 2. The van der Waals surface area contributed by atoms with Gasteiger partial charge in [0.05, 0.1) is 12.2 Å². The van der Waals surface area contributed by atoms with Crippen molar-refractivity contribution in [1.82, 2.24) is 5.32 Å². The van der Waals surface area contributed by atoms with E-state index in [4.69, 9.17) is 4.74 Å². The van der Waals surface area contributed by atoms with Crippen molar-refractivity contribution in [3.05, 3.63) is 60.2 Å². The highest BCUT2D eigenvalue weighted by Crippen LogP contribution is 2.21. The van der Waals surface area contributed by atoms with Crippen LogP contribution in [-0.2, 0) is 9.53 Å². The van der Waals surface area contributed by atoms with Crippen LogP contribution in [0.2, 0.25) is 0 Å². The fourth-order valence-corrected chi connectivity index (χ4v) is 2.94. The second kappa shape index (κ2) is 8.35. The first kappa shape index (κ1) is 18.4. The normalized spacial score (nSPS) is 16.1. The molecule has 0 radical (unpaired) electrons. The molecule has 0 unspecified atom stereocenters. The van der Waals surface area contributed by atoms with Gasteiger partial charge in [-0.25, -0.2) is 9.59 Å². The summed E-state index contributed by atoms with van der Waals surface area (Å²) in [4.78, 5) is 38.2. The van der Waals surface area contributed by atoms with Crippen molar-refractivity contribution in [2.24, 2.45) is 0 Å². The van der Waals surface area contributed by atoms with Crippen molar-refractivity contribution < 1.29 is 19.1 Å². The van der Waals surface area contributed by atoms with Crippen LogP contribution in [0.1, 0.15) is 23.7 Å². The molecule has 7 nitrogen and oxygen atoms in total. The zero-order valence-electron chi connectivity index (χ0n) is 15.0. The van der Waals surface area contributed by atoms with Gasteiger partial charge in [0, 0.05) is 17.9 Å². The molecule has 140 valence electrons. The molecule has 0 bridgehead atoms. The summed E-state index contributed by atoms with van der Waals surface area (Å²) in [5, 5.41) is 5.35. The van der Waals surface area contributed by atoms with Crippen molar-refractivity contribution in [3.63, 3.8) is 0 Å². The van der Waals surface area contributed by atoms with Crippen molar-refractivity contribution in [1.29, 1.82) is 0 Å². The maximum atomic E-state index is 12.5. The van der Waals surface area contributed by atoms with Crippen LogP contribution >= 0.6 is 0 Å². The van der Waals surface area contributed by atoms with E-state index in [0.717, 1.165) is 5.69 Å². The number of para-hydroxylation sites is 1. The molecule has 0 aliphatic carbocycles. The van der Waals surface area contributed by atoms with E-state index < -0.39 is 18.0 Å². The van der Waals surface area contributed by atoms with E-state index in [9.17, 15) is 14.4 Å². The summed E-state index contributed by atoms with van der Waals surface area (Å²) in [6, 6.07) is 14.7. The number of hydrogen-bond acceptors (Lipinski definition) is 4. The first-order valence-electron chi connectivity index (χ1n) is 8.79. The highest BCUT2D eigenvalue weighted by atomic mass is 16.5. The Labute approximate surface area is 157 Å². The van der Waals surface area contributed by atoms with Gasteiger partial charge < -0.3 is 20.3 Å². The van der Waals surface area contributed by atoms with Gasteiger partial charge in [-0.15, -0.1) is 0 Å². The Morgan fingerprint density at radius 1 is 1.15 bits per heavy atom. The van der Waals surface area contributed by atoms with Gasteiger partial charge in [-0.3, -0.25) is 4.79 Å². The summed E-state index contributed by atoms with van der Waals surface area (Å²) >= 11 is 0. The van der Waals surface area contributed by atoms with Crippen molar-refractivity contribution >= 4 is 29.3 Å². The van der Waals surface area contributed by atoms with Crippen LogP contribution in [0.25, 0.3) is 0 Å². The molecule has 1 heterocycles. The molecule has 1 aliphatic heterocycles. The predicted molar refractivity (Wildman–Crippen MR) is 102 cm³/mol. The van der Waals surface area contributed by atoms with Crippen LogP contribution in [0.5, 0.6) is 0 Å². The number of benzene rings is 2. The number of carbonyl (C=O) groups excluding carboxylic acids is 3. The van der Waals surface area contributed by atoms with E-state index in [1.54, 1.807) is 30.0 Å². The molecule has 1 atom stereocenters. The van der Waals surface area contributed by atoms with Crippen LogP contribution in [0.15, 0.2) is 54.6 Å². The molecule has 1 fully saturated rings. The molecular formula is C20H21N3O4. The first-order valence-corrected chi connectivity index (χ1v) is 8.79. The third-order valence-electron chi connectivity index (χ3n) is 4.21. The predicted octanol–water partition coefficient (Wildman–Crippen LogP) is 2.79. The number of ether oxygens (including phenoxy) is 1. The van der Waals surface area contributed by atoms with E-state index in [1.165, 1.54) is 6.07 Å². The van der Waals surface area contributed by atoms with Crippen molar-refractivity contribution in [3.8, 4) is 0 Å². The molecule has 27 heavy (non-hydrogen) atoms. The number of anilines is 2. The van der Waals surface area contributed by atoms with E-state index in [-0.39, 0.29) is 12.5 Å². The zero-order valence-corrected chi connectivity index (χ0v) is 15.0. The van der Waals surface area contributed by atoms with Gasteiger partial charge in [-0.2, -0.15) is 0 Å². The molecule has 0 spiro atoms. The summed E-state index contributed by atoms with van der Waals surface area (Å²) < 4.78 is 4.95. The zero-order chi connectivity index (χ0) is 19.2. The molecule has 2 N–H and O–H groups in total. The molecule has 1 saturated heterocycles. The Morgan fingerprint density at radius 2 is 1.93 bits per heavy atom. The van der Waals surface area contributed by atoms with E-state index in [0.29, 0.717) is 24.2 Å². The monoisotopic (exact) mass is 367 g/mol. The first-order chi connectivity index (χ1) is 13.1. The van der Waals surface area contributed by atoms with Gasteiger partial charge in [0.15, 0.2) is 0 Å². The molecule has 0 saturated carbocycles. The van der Waals surface area contributed by atoms with Crippen molar-refractivity contribution in [2.75, 3.05) is 23.4 Å². The molecular weight excluding hydrogens is 346 g/mol. The highest BCUT2D eigenvalue weighted by molar-refractivity contribution is 6.02. The average molecular weight is 367 g/mol. The number of hydrogen-bond donors (Lipinski definition) is 2. The summed E-state index contributed by atoms with van der Waals surface area (Å²) in [6.07, 6.45) is 0.532. The second-order valence-corrected chi connectivity index (χ2v) is 6.07. The Balaban J connectivity index is 1.59. The number of rotatable bonds is 5. The van der Waals surface area contributed by atoms with Gasteiger partial charge in [0.1, 0.15) is 6.04 Å². The molecule has 1 aliphatic rings. The second-order valence-electron chi connectivity index (χ2n) is 6.07. The minimum absolute atomic E-state index is 0.142. The standard InChI is InChI=1S/C20H21N3O4/c1-2-27-19(25)14-7-6-8-15(13-14)21-20(26)22-17-11-12-23(18(17)24)16-9-4-3-5-10-16/h3-10,13,17H,2,11-12H2,1H3,(H2,21,22,26)/t17-/m0/s1. The lowest BCUT2D eigenvalue weighted by atomic mass is 10.2. The molecule has 3 amide bonds. The lowest BCUT2D eigenvalue weighted by molar-refractivity contribution is -0.118. The largest absolute Gasteiger partial charge is 0.462 e. The van der Waals surface area contributed by atoms with Gasteiger partial charge in [0.25, 0.3) is 0 Å². The van der Waals surface area contributed by atoms with E-state index >= 15 is 0 Å². The average Bonchev–Trinajstić information content (AvgIpc) is 3.03. The number of amides is 3. The molecule has 3 rings (SSSR count). The maximum Gasteiger partial charge on any atom is 0.338 e. The number of nitrogens with zero attached hydrogens (tertiary/aromatic N) is 1. The minimum Gasteiger partial charge on any atom is -0.462 e. The summed E-state index contributed by atoms with van der Waals surface area (Å²) in [5.74, 6) is -0.595. The Kier molecular flexibility index (Phi) is 5.71. The van der Waals surface area contributed by atoms with Crippen LogP contribution in [-0.4, -0.2) is 37.1 Å². The quantitative estimate of drug-likeness (QED) is 0.796. The fourth-order valence-electron chi connectivity index (χ4n) is 2.94. The Bertz CT molecular complexity index is 838. The SMILES string of the molecule is CCOC(=O)c1cccc(NC(=O)N[C@H]2CCN(c3ccccc3)C2=O)c1. The molecule has 2 aromatic carbocycles. The maximum absolute atomic E-state index is 12.5. The summed E-state index contributed by atoms with van der Waals surface area (Å²) in [5.41, 5.74) is 1.61. The van der Waals surface area contributed by atoms with Gasteiger partial charge in [-0.05, 0) is 43.7 Å². The lowest BCUT2D eigenvalue weighted by Gasteiger charge is -2.17. The van der Waals surface area contributed by atoms with Crippen LogP contribution < -0.4 is 15.5 Å². The van der Waals surface area contributed by atoms with Crippen LogP contribution in [0, 0.1) is 0 Å². The topological polar surface area (TPSA) is 87.7 Å². The van der Waals surface area contributed by atoms with Gasteiger partial charge >= 0.3 is 12.0 Å². The molecule has 7 heteroatoms. The third-order valence-corrected chi connectivity index (χ3v) is 4.21. The van der Waals surface area contributed by atoms with Crippen LogP contribution in [0.3, 0.4) is 0 Å². The minimum atomic E-state index is -0.585. The van der Waals surface area contributed by atoms with Crippen molar-refractivity contribution in [2.45, 2.75) is 19.4 Å². The summed E-state index contributed by atoms with van der Waals surface area (Å²) in [6.45, 7) is 2.55. The van der Waals surface area contributed by atoms with Crippen LogP contribution in [0.4, 0.5) is 16.2 Å². The van der Waals surface area contributed by atoms with Gasteiger partial charge in [-0.1, -0.05) is 24.3 Å². The number of carbonyl (C=O) groups is 3. The lowest BCUT2D eigenvalue weighted by Crippen LogP contribution is -2.43. The molecule has 2 aromatic rings. The van der Waals surface area contributed by atoms with E-state index in [1.807, 2.05) is 30.3 Å². The van der Waals surface area contributed by atoms with Gasteiger partial charge in [0.2, 0.25) is 5.91 Å². The number of esters is 1.